The van der Waals surface area contributed by atoms with Gasteiger partial charge >= 0.3 is 0 Å². The van der Waals surface area contributed by atoms with Crippen molar-refractivity contribution in [1.29, 1.82) is 0 Å². The Morgan fingerprint density at radius 1 is 0.864 bits per heavy atom. The molecular formula is C16H21N3O3. The number of carbonyl (C=O) groups is 3. The van der Waals surface area contributed by atoms with Crippen LogP contribution in [0, 0.1) is 5.92 Å². The molecule has 0 heterocycles. The van der Waals surface area contributed by atoms with Crippen LogP contribution in [0.1, 0.15) is 75.2 Å². The fourth-order valence-electron chi connectivity index (χ4n) is 3.19. The van der Waals surface area contributed by atoms with Crippen molar-refractivity contribution in [3.63, 3.8) is 0 Å². The van der Waals surface area contributed by atoms with E-state index in [2.05, 4.69) is 6.92 Å². The van der Waals surface area contributed by atoms with Gasteiger partial charge in [-0.1, -0.05) is 19.8 Å². The largest absolute Gasteiger partial charge is 0.366 e. The lowest BCUT2D eigenvalue weighted by molar-refractivity contribution is 0.0997. The van der Waals surface area contributed by atoms with Crippen molar-refractivity contribution in [1.82, 2.24) is 0 Å². The zero-order valence-corrected chi connectivity index (χ0v) is 12.6. The summed E-state index contributed by atoms with van der Waals surface area (Å²) in [4.78, 5) is 35.0. The molecule has 1 aromatic carbocycles. The van der Waals surface area contributed by atoms with Gasteiger partial charge < -0.3 is 17.2 Å². The Labute approximate surface area is 129 Å². The third-order valence-electron chi connectivity index (χ3n) is 4.42. The van der Waals surface area contributed by atoms with Crippen LogP contribution in [-0.4, -0.2) is 17.7 Å². The lowest BCUT2D eigenvalue weighted by atomic mass is 9.76. The van der Waals surface area contributed by atoms with E-state index in [4.69, 9.17) is 17.2 Å². The van der Waals surface area contributed by atoms with E-state index in [1.807, 2.05) is 0 Å². The zero-order chi connectivity index (χ0) is 16.4. The first kappa shape index (κ1) is 16.0. The number of hydrogen-bond donors (Lipinski definition) is 3. The molecule has 0 bridgehead atoms. The minimum atomic E-state index is -0.728. The molecular weight excluding hydrogens is 282 g/mol. The standard InChI is InChI=1S/C16H21N3O3/c1-8-2-4-9(5-3-8)13-11(15(18)21)6-10(14(17)20)7-12(13)16(19)22/h6-9H,2-5H2,1H3,(H2,17,20)(H2,18,21)(H2,19,22). The predicted octanol–water partition coefficient (Wildman–Crippen LogP) is 1.28. The van der Waals surface area contributed by atoms with Crippen LogP contribution in [0.3, 0.4) is 0 Å². The van der Waals surface area contributed by atoms with E-state index in [1.54, 1.807) is 0 Å². The first-order chi connectivity index (χ1) is 10.3. The van der Waals surface area contributed by atoms with E-state index in [0.717, 1.165) is 25.7 Å². The highest BCUT2D eigenvalue weighted by Crippen LogP contribution is 2.38. The maximum Gasteiger partial charge on any atom is 0.249 e. The van der Waals surface area contributed by atoms with Crippen molar-refractivity contribution >= 4 is 17.7 Å². The molecule has 0 saturated heterocycles. The molecule has 0 aliphatic heterocycles. The van der Waals surface area contributed by atoms with E-state index in [9.17, 15) is 14.4 Å². The van der Waals surface area contributed by atoms with Crippen LogP contribution >= 0.6 is 0 Å². The summed E-state index contributed by atoms with van der Waals surface area (Å²) < 4.78 is 0. The molecule has 1 saturated carbocycles. The normalized spacial score (nSPS) is 21.3. The SMILES string of the molecule is CC1CCC(c2c(C(N)=O)cc(C(N)=O)cc2C(N)=O)CC1. The number of benzene rings is 1. The summed E-state index contributed by atoms with van der Waals surface area (Å²) in [5.41, 5.74) is 17.1. The van der Waals surface area contributed by atoms with Crippen molar-refractivity contribution in [2.24, 2.45) is 23.1 Å². The number of hydrogen-bond acceptors (Lipinski definition) is 3. The van der Waals surface area contributed by atoms with Crippen LogP contribution in [0.2, 0.25) is 0 Å². The second-order valence-electron chi connectivity index (χ2n) is 6.03. The van der Waals surface area contributed by atoms with Gasteiger partial charge in [0, 0.05) is 16.7 Å². The Balaban J connectivity index is 2.61. The Kier molecular flexibility index (Phi) is 4.49. The highest BCUT2D eigenvalue weighted by atomic mass is 16.2. The molecule has 1 aromatic rings. The fourth-order valence-corrected chi connectivity index (χ4v) is 3.19. The summed E-state index contributed by atoms with van der Waals surface area (Å²) in [6, 6.07) is 2.73. The van der Waals surface area contributed by atoms with Gasteiger partial charge in [0.25, 0.3) is 0 Å². The van der Waals surface area contributed by atoms with Crippen molar-refractivity contribution in [2.75, 3.05) is 0 Å². The number of nitrogens with two attached hydrogens (primary N) is 3. The fraction of sp³-hybridized carbons (Fsp3) is 0.438. The van der Waals surface area contributed by atoms with Crippen LogP contribution in [0.5, 0.6) is 0 Å². The van der Waals surface area contributed by atoms with Gasteiger partial charge in [0.1, 0.15) is 0 Å². The van der Waals surface area contributed by atoms with Crippen molar-refractivity contribution in [3.05, 3.63) is 34.4 Å². The van der Waals surface area contributed by atoms with Gasteiger partial charge in [0.15, 0.2) is 0 Å². The van der Waals surface area contributed by atoms with Gasteiger partial charge in [0.2, 0.25) is 17.7 Å². The topological polar surface area (TPSA) is 129 Å². The lowest BCUT2D eigenvalue weighted by Crippen LogP contribution is -2.25. The molecule has 6 heteroatoms. The van der Waals surface area contributed by atoms with Crippen LogP contribution in [0.4, 0.5) is 0 Å². The molecule has 0 unspecified atom stereocenters. The van der Waals surface area contributed by atoms with Gasteiger partial charge in [-0.25, -0.2) is 0 Å². The van der Waals surface area contributed by atoms with Crippen LogP contribution in [0.25, 0.3) is 0 Å². The van der Waals surface area contributed by atoms with Crippen molar-refractivity contribution in [3.8, 4) is 0 Å². The van der Waals surface area contributed by atoms with E-state index in [1.165, 1.54) is 12.1 Å². The van der Waals surface area contributed by atoms with Crippen LogP contribution < -0.4 is 17.2 Å². The Morgan fingerprint density at radius 3 is 1.68 bits per heavy atom. The Bertz CT molecular complexity index is 597. The maximum absolute atomic E-state index is 11.8. The summed E-state index contributed by atoms with van der Waals surface area (Å²) in [5.74, 6) is -1.43. The molecule has 6 N–H and O–H groups in total. The number of primary amides is 3. The van der Waals surface area contributed by atoms with E-state index in [-0.39, 0.29) is 22.6 Å². The monoisotopic (exact) mass is 303 g/mol. The van der Waals surface area contributed by atoms with Gasteiger partial charge in [-0.05, 0) is 42.4 Å². The molecule has 0 spiro atoms. The highest BCUT2D eigenvalue weighted by molar-refractivity contribution is 6.05. The van der Waals surface area contributed by atoms with Gasteiger partial charge in [0.05, 0.1) is 0 Å². The second kappa shape index (κ2) is 6.17. The lowest BCUT2D eigenvalue weighted by Gasteiger charge is -2.29. The average Bonchev–Trinajstić information content (AvgIpc) is 2.46. The van der Waals surface area contributed by atoms with E-state index in [0.29, 0.717) is 11.5 Å². The molecule has 1 aliphatic rings. The van der Waals surface area contributed by atoms with E-state index < -0.39 is 17.7 Å². The number of amides is 3. The number of carbonyl (C=O) groups excluding carboxylic acids is 3. The molecule has 22 heavy (non-hydrogen) atoms. The molecule has 0 atom stereocenters. The Hall–Kier alpha value is -2.37. The summed E-state index contributed by atoms with van der Waals surface area (Å²) >= 11 is 0. The first-order valence-corrected chi connectivity index (χ1v) is 7.38. The minimum Gasteiger partial charge on any atom is -0.366 e. The molecule has 6 nitrogen and oxygen atoms in total. The van der Waals surface area contributed by atoms with Crippen molar-refractivity contribution in [2.45, 2.75) is 38.5 Å². The minimum absolute atomic E-state index is 0.0446. The van der Waals surface area contributed by atoms with Gasteiger partial charge in [-0.15, -0.1) is 0 Å². The first-order valence-electron chi connectivity index (χ1n) is 7.38. The van der Waals surface area contributed by atoms with Crippen LogP contribution in [-0.2, 0) is 0 Å². The van der Waals surface area contributed by atoms with Crippen molar-refractivity contribution < 1.29 is 14.4 Å². The molecule has 1 fully saturated rings. The molecule has 0 aromatic heterocycles. The smallest absolute Gasteiger partial charge is 0.249 e. The zero-order valence-electron chi connectivity index (χ0n) is 12.6. The molecule has 2 rings (SSSR count). The number of rotatable bonds is 4. The molecule has 118 valence electrons. The second-order valence-corrected chi connectivity index (χ2v) is 6.03. The summed E-state index contributed by atoms with van der Waals surface area (Å²) in [6.07, 6.45) is 3.74. The third kappa shape index (κ3) is 3.10. The van der Waals surface area contributed by atoms with E-state index >= 15 is 0 Å². The Morgan fingerprint density at radius 2 is 1.32 bits per heavy atom. The van der Waals surface area contributed by atoms with Gasteiger partial charge in [-0.2, -0.15) is 0 Å². The highest BCUT2D eigenvalue weighted by Gasteiger charge is 2.28. The maximum atomic E-state index is 11.8. The third-order valence-corrected chi connectivity index (χ3v) is 4.42. The molecule has 3 amide bonds. The molecule has 0 radical (unpaired) electrons. The summed E-state index contributed by atoms with van der Waals surface area (Å²) in [6.45, 7) is 2.18. The summed E-state index contributed by atoms with van der Waals surface area (Å²) in [7, 11) is 0. The predicted molar refractivity (Wildman–Crippen MR) is 82.4 cm³/mol. The summed E-state index contributed by atoms with van der Waals surface area (Å²) in [5, 5.41) is 0. The van der Waals surface area contributed by atoms with Gasteiger partial charge in [-0.3, -0.25) is 14.4 Å². The quantitative estimate of drug-likeness (QED) is 0.774. The average molecular weight is 303 g/mol. The molecule has 1 aliphatic carbocycles. The van der Waals surface area contributed by atoms with Crippen LogP contribution in [0.15, 0.2) is 12.1 Å².